The number of rotatable bonds is 4. The zero-order valence-electron chi connectivity index (χ0n) is 12.3. The number of nitrogens with two attached hydrogens (primary N) is 1. The molecule has 0 aromatic heterocycles. The van der Waals surface area contributed by atoms with E-state index in [9.17, 15) is 8.42 Å². The van der Waals surface area contributed by atoms with E-state index in [0.29, 0.717) is 11.4 Å². The molecule has 0 unspecified atom stereocenters. The summed E-state index contributed by atoms with van der Waals surface area (Å²) in [7, 11) is -0.481. The molecule has 0 amide bonds. The number of nitrogen functional groups attached to an aromatic ring is 1. The van der Waals surface area contributed by atoms with Crippen LogP contribution in [0.3, 0.4) is 0 Å². The molecule has 2 aromatic carbocycles. The van der Waals surface area contributed by atoms with Crippen molar-refractivity contribution in [1.29, 1.82) is 0 Å². The van der Waals surface area contributed by atoms with Crippen molar-refractivity contribution in [2.45, 2.75) is 11.8 Å². The van der Waals surface area contributed by atoms with E-state index in [-0.39, 0.29) is 4.90 Å². The van der Waals surface area contributed by atoms with Crippen LogP contribution < -0.4 is 11.1 Å². The summed E-state index contributed by atoms with van der Waals surface area (Å²) < 4.78 is 25.5. The molecule has 0 saturated carbocycles. The third-order valence-corrected chi connectivity index (χ3v) is 5.03. The lowest BCUT2D eigenvalue weighted by Gasteiger charge is -2.15. The quantitative estimate of drug-likeness (QED) is 0.851. The molecule has 0 bridgehead atoms. The Morgan fingerprint density at radius 3 is 2.33 bits per heavy atom. The van der Waals surface area contributed by atoms with Crippen molar-refractivity contribution in [2.24, 2.45) is 0 Å². The van der Waals surface area contributed by atoms with Crippen molar-refractivity contribution >= 4 is 27.1 Å². The summed E-state index contributed by atoms with van der Waals surface area (Å²) in [5.41, 5.74) is 8.95. The third kappa shape index (κ3) is 3.17. The average molecular weight is 305 g/mol. The summed E-state index contributed by atoms with van der Waals surface area (Å²) in [4.78, 5) is 0.206. The lowest BCUT2D eigenvalue weighted by atomic mass is 10.2. The van der Waals surface area contributed by atoms with E-state index >= 15 is 0 Å². The molecule has 3 N–H and O–H groups in total. The maximum Gasteiger partial charge on any atom is 0.242 e. The fraction of sp³-hybridized carbons (Fsp3) is 0.200. The van der Waals surface area contributed by atoms with Gasteiger partial charge in [-0.3, -0.25) is 0 Å². The van der Waals surface area contributed by atoms with Gasteiger partial charge in [-0.05, 0) is 36.8 Å². The van der Waals surface area contributed by atoms with Crippen LogP contribution in [0.15, 0.2) is 47.4 Å². The first-order valence-corrected chi connectivity index (χ1v) is 7.91. The average Bonchev–Trinajstić information content (AvgIpc) is 2.43. The Morgan fingerprint density at radius 2 is 1.71 bits per heavy atom. The largest absolute Gasteiger partial charge is 0.397 e. The highest BCUT2D eigenvalue weighted by molar-refractivity contribution is 7.89. The van der Waals surface area contributed by atoms with Gasteiger partial charge in [0.25, 0.3) is 0 Å². The molecule has 2 rings (SSSR count). The summed E-state index contributed by atoms with van der Waals surface area (Å²) in [6, 6.07) is 12.4. The first-order chi connectivity index (χ1) is 9.82. The first-order valence-electron chi connectivity index (χ1n) is 6.47. The Balaban J connectivity index is 2.44. The summed E-state index contributed by atoms with van der Waals surface area (Å²) in [5, 5.41) is 3.18. The molecule has 112 valence electrons. The number of aryl methyl sites for hydroxylation is 1. The van der Waals surface area contributed by atoms with E-state index in [1.54, 1.807) is 12.1 Å². The van der Waals surface area contributed by atoms with Crippen LogP contribution >= 0.6 is 0 Å². The van der Waals surface area contributed by atoms with E-state index in [0.717, 1.165) is 11.3 Å². The zero-order chi connectivity index (χ0) is 15.6. The van der Waals surface area contributed by atoms with Crippen LogP contribution in [-0.2, 0) is 10.0 Å². The van der Waals surface area contributed by atoms with Crippen LogP contribution in [0.2, 0.25) is 0 Å². The van der Waals surface area contributed by atoms with Crippen LogP contribution in [0.1, 0.15) is 5.56 Å². The van der Waals surface area contributed by atoms with Gasteiger partial charge >= 0.3 is 0 Å². The van der Waals surface area contributed by atoms with Gasteiger partial charge in [-0.15, -0.1) is 0 Å². The van der Waals surface area contributed by atoms with Crippen molar-refractivity contribution in [1.82, 2.24) is 4.31 Å². The summed E-state index contributed by atoms with van der Waals surface area (Å²) >= 11 is 0. The molecule has 0 fully saturated rings. The number of hydrogen-bond donors (Lipinski definition) is 2. The molecule has 0 saturated heterocycles. The van der Waals surface area contributed by atoms with Crippen LogP contribution in [0.5, 0.6) is 0 Å². The van der Waals surface area contributed by atoms with Crippen LogP contribution in [-0.4, -0.2) is 26.8 Å². The molecule has 0 heterocycles. The van der Waals surface area contributed by atoms with E-state index < -0.39 is 10.0 Å². The highest BCUT2D eigenvalue weighted by Gasteiger charge is 2.18. The maximum absolute atomic E-state index is 12.2. The monoisotopic (exact) mass is 305 g/mol. The van der Waals surface area contributed by atoms with Gasteiger partial charge in [-0.25, -0.2) is 12.7 Å². The Morgan fingerprint density at radius 1 is 1.05 bits per heavy atom. The van der Waals surface area contributed by atoms with E-state index in [1.165, 1.54) is 24.5 Å². The molecule has 21 heavy (non-hydrogen) atoms. The molecular weight excluding hydrogens is 286 g/mol. The van der Waals surface area contributed by atoms with Gasteiger partial charge in [0.2, 0.25) is 10.0 Å². The number of benzene rings is 2. The highest BCUT2D eigenvalue weighted by atomic mass is 32.2. The van der Waals surface area contributed by atoms with Crippen LogP contribution in [0.25, 0.3) is 0 Å². The van der Waals surface area contributed by atoms with Gasteiger partial charge in [-0.2, -0.15) is 0 Å². The molecule has 0 radical (unpaired) electrons. The van der Waals surface area contributed by atoms with Crippen LogP contribution in [0.4, 0.5) is 17.1 Å². The van der Waals surface area contributed by atoms with Gasteiger partial charge in [-0.1, -0.05) is 18.2 Å². The molecule has 6 heteroatoms. The minimum absolute atomic E-state index is 0.206. The number of anilines is 3. The fourth-order valence-corrected chi connectivity index (χ4v) is 2.80. The Bertz CT molecular complexity index is 755. The predicted octanol–water partition coefficient (Wildman–Crippen LogP) is 2.57. The van der Waals surface area contributed by atoms with E-state index in [4.69, 9.17) is 5.73 Å². The molecule has 0 aliphatic rings. The number of para-hydroxylation sites is 1. The summed E-state index contributed by atoms with van der Waals surface area (Å²) in [5.74, 6) is 0. The summed E-state index contributed by atoms with van der Waals surface area (Å²) in [6.07, 6.45) is 0. The van der Waals surface area contributed by atoms with Gasteiger partial charge < -0.3 is 11.1 Å². The van der Waals surface area contributed by atoms with Gasteiger partial charge in [0.05, 0.1) is 16.3 Å². The smallest absolute Gasteiger partial charge is 0.242 e. The molecule has 0 aliphatic heterocycles. The number of nitrogens with one attached hydrogen (secondary N) is 1. The maximum atomic E-state index is 12.2. The highest BCUT2D eigenvalue weighted by Crippen LogP contribution is 2.28. The SMILES string of the molecule is Cc1ccccc1Nc1cc(S(=O)(=O)N(C)C)ccc1N. The van der Waals surface area contributed by atoms with Gasteiger partial charge in [0.15, 0.2) is 0 Å². The fourth-order valence-electron chi connectivity index (χ4n) is 1.87. The third-order valence-electron chi connectivity index (χ3n) is 3.22. The Kier molecular flexibility index (Phi) is 4.20. The Labute approximate surface area is 125 Å². The molecule has 0 spiro atoms. The normalized spacial score (nSPS) is 11.6. The van der Waals surface area contributed by atoms with E-state index in [1.807, 2.05) is 31.2 Å². The van der Waals surface area contributed by atoms with Crippen molar-refractivity contribution in [3.8, 4) is 0 Å². The van der Waals surface area contributed by atoms with Crippen LogP contribution in [0, 0.1) is 6.92 Å². The standard InChI is InChI=1S/C15H19N3O2S/c1-11-6-4-5-7-14(11)17-15-10-12(8-9-13(15)16)21(19,20)18(2)3/h4-10,17H,16H2,1-3H3. The number of hydrogen-bond acceptors (Lipinski definition) is 4. The number of nitrogens with zero attached hydrogens (tertiary/aromatic N) is 1. The predicted molar refractivity (Wildman–Crippen MR) is 86.2 cm³/mol. The second-order valence-electron chi connectivity index (χ2n) is 4.98. The molecular formula is C15H19N3O2S. The molecule has 2 aromatic rings. The van der Waals surface area contributed by atoms with Crippen molar-refractivity contribution in [3.05, 3.63) is 48.0 Å². The van der Waals surface area contributed by atoms with Crippen molar-refractivity contribution in [2.75, 3.05) is 25.1 Å². The zero-order valence-corrected chi connectivity index (χ0v) is 13.1. The van der Waals surface area contributed by atoms with Gasteiger partial charge in [0.1, 0.15) is 0 Å². The Hall–Kier alpha value is -2.05. The van der Waals surface area contributed by atoms with Gasteiger partial charge in [0, 0.05) is 19.8 Å². The summed E-state index contributed by atoms with van der Waals surface area (Å²) in [6.45, 7) is 1.97. The molecule has 0 atom stereocenters. The molecule has 0 aliphatic carbocycles. The minimum atomic E-state index is -3.48. The topological polar surface area (TPSA) is 75.4 Å². The lowest BCUT2D eigenvalue weighted by molar-refractivity contribution is 0.521. The number of sulfonamides is 1. The van der Waals surface area contributed by atoms with Crippen molar-refractivity contribution in [3.63, 3.8) is 0 Å². The first kappa shape index (κ1) is 15.3. The second kappa shape index (κ2) is 5.75. The minimum Gasteiger partial charge on any atom is -0.397 e. The lowest BCUT2D eigenvalue weighted by Crippen LogP contribution is -2.22. The second-order valence-corrected chi connectivity index (χ2v) is 7.13. The molecule has 5 nitrogen and oxygen atoms in total. The van der Waals surface area contributed by atoms with E-state index in [2.05, 4.69) is 5.32 Å². The van der Waals surface area contributed by atoms with Crippen molar-refractivity contribution < 1.29 is 8.42 Å².